The molecule has 5 heteroatoms. The minimum Gasteiger partial charge on any atom is -0.395 e. The van der Waals surface area contributed by atoms with Gasteiger partial charge in [-0.2, -0.15) is 0 Å². The van der Waals surface area contributed by atoms with Gasteiger partial charge in [-0.3, -0.25) is 0 Å². The van der Waals surface area contributed by atoms with Crippen LogP contribution in [0.15, 0.2) is 0 Å². The van der Waals surface area contributed by atoms with E-state index in [4.69, 9.17) is 5.11 Å². The zero-order valence-electron chi connectivity index (χ0n) is 5.58. The van der Waals surface area contributed by atoms with Crippen LogP contribution >= 0.6 is 0 Å². The SMILES string of the molecule is O=S1(=O)CCC[C@H](CO)N1. The first-order chi connectivity index (χ1) is 4.64. The van der Waals surface area contributed by atoms with Crippen molar-refractivity contribution in [2.24, 2.45) is 0 Å². The number of rotatable bonds is 1. The van der Waals surface area contributed by atoms with Crippen LogP contribution in [0.1, 0.15) is 12.8 Å². The second-order valence-electron chi connectivity index (χ2n) is 2.46. The molecule has 0 saturated carbocycles. The molecule has 1 saturated heterocycles. The van der Waals surface area contributed by atoms with Crippen molar-refractivity contribution in [2.75, 3.05) is 12.4 Å². The van der Waals surface area contributed by atoms with E-state index >= 15 is 0 Å². The molecule has 60 valence electrons. The number of nitrogens with one attached hydrogen (secondary N) is 1. The maximum absolute atomic E-state index is 10.8. The Morgan fingerprint density at radius 2 is 2.30 bits per heavy atom. The van der Waals surface area contributed by atoms with E-state index in [1.807, 2.05) is 0 Å². The lowest BCUT2D eigenvalue weighted by Crippen LogP contribution is -2.42. The van der Waals surface area contributed by atoms with Gasteiger partial charge in [0.15, 0.2) is 0 Å². The summed E-state index contributed by atoms with van der Waals surface area (Å²) in [5.41, 5.74) is 0. The Balaban J connectivity index is 2.56. The molecule has 0 spiro atoms. The van der Waals surface area contributed by atoms with Crippen LogP contribution in [-0.2, 0) is 10.0 Å². The molecule has 0 aromatic rings. The Bertz CT molecular complexity index is 199. The van der Waals surface area contributed by atoms with Crippen LogP contribution in [0.5, 0.6) is 0 Å². The lowest BCUT2D eigenvalue weighted by atomic mass is 10.2. The van der Waals surface area contributed by atoms with Crippen LogP contribution in [0, 0.1) is 0 Å². The quantitative estimate of drug-likeness (QED) is 0.527. The fraction of sp³-hybridized carbons (Fsp3) is 1.00. The Morgan fingerprint density at radius 3 is 2.70 bits per heavy atom. The molecule has 0 amide bonds. The number of aliphatic hydroxyl groups excluding tert-OH is 1. The number of hydrogen-bond donors (Lipinski definition) is 2. The number of hydrogen-bond acceptors (Lipinski definition) is 3. The normalized spacial score (nSPS) is 31.9. The zero-order valence-corrected chi connectivity index (χ0v) is 6.39. The molecule has 1 fully saturated rings. The van der Waals surface area contributed by atoms with Gasteiger partial charge < -0.3 is 5.11 Å². The summed E-state index contributed by atoms with van der Waals surface area (Å²) in [4.78, 5) is 0. The molecule has 1 aliphatic heterocycles. The van der Waals surface area contributed by atoms with Gasteiger partial charge in [0.1, 0.15) is 0 Å². The third-order valence-electron chi connectivity index (χ3n) is 1.53. The van der Waals surface area contributed by atoms with Gasteiger partial charge >= 0.3 is 0 Å². The molecule has 1 rings (SSSR count). The van der Waals surface area contributed by atoms with E-state index in [-0.39, 0.29) is 18.4 Å². The summed E-state index contributed by atoms with van der Waals surface area (Å²) in [6, 6.07) is -0.251. The van der Waals surface area contributed by atoms with Crippen LogP contribution in [0.25, 0.3) is 0 Å². The van der Waals surface area contributed by atoms with Gasteiger partial charge in [0.25, 0.3) is 0 Å². The van der Waals surface area contributed by atoms with Crippen molar-refractivity contribution >= 4 is 10.0 Å². The lowest BCUT2D eigenvalue weighted by Gasteiger charge is -2.20. The molecule has 0 aromatic heterocycles. The Morgan fingerprint density at radius 1 is 1.60 bits per heavy atom. The average molecular weight is 165 g/mol. The number of sulfonamides is 1. The Hall–Kier alpha value is -0.130. The third kappa shape index (κ3) is 1.93. The van der Waals surface area contributed by atoms with Gasteiger partial charge in [-0.25, -0.2) is 13.1 Å². The van der Waals surface area contributed by atoms with Gasteiger partial charge in [0, 0.05) is 6.04 Å². The Labute approximate surface area is 60.3 Å². The minimum atomic E-state index is -3.05. The van der Waals surface area contributed by atoms with Crippen LogP contribution in [-0.4, -0.2) is 31.9 Å². The van der Waals surface area contributed by atoms with Crippen molar-refractivity contribution in [3.05, 3.63) is 0 Å². The molecule has 1 heterocycles. The van der Waals surface area contributed by atoms with Crippen LogP contribution in [0.2, 0.25) is 0 Å². The van der Waals surface area contributed by atoms with Crippen molar-refractivity contribution in [1.29, 1.82) is 0 Å². The zero-order chi connectivity index (χ0) is 7.61. The summed E-state index contributed by atoms with van der Waals surface area (Å²) in [7, 11) is -3.05. The highest BCUT2D eigenvalue weighted by molar-refractivity contribution is 7.89. The van der Waals surface area contributed by atoms with E-state index in [1.54, 1.807) is 0 Å². The van der Waals surface area contributed by atoms with Gasteiger partial charge in [-0.15, -0.1) is 0 Å². The van der Waals surface area contributed by atoms with E-state index in [9.17, 15) is 8.42 Å². The lowest BCUT2D eigenvalue weighted by molar-refractivity contribution is 0.246. The third-order valence-corrected chi connectivity index (χ3v) is 3.05. The highest BCUT2D eigenvalue weighted by atomic mass is 32.2. The molecular formula is C5H11NO3S. The van der Waals surface area contributed by atoms with Crippen molar-refractivity contribution < 1.29 is 13.5 Å². The molecule has 0 bridgehead atoms. The summed E-state index contributed by atoms with van der Waals surface area (Å²) < 4.78 is 24.0. The second kappa shape index (κ2) is 2.86. The largest absolute Gasteiger partial charge is 0.395 e. The van der Waals surface area contributed by atoms with Gasteiger partial charge in [0.05, 0.1) is 12.4 Å². The molecule has 0 unspecified atom stereocenters. The molecular weight excluding hydrogens is 154 g/mol. The molecule has 10 heavy (non-hydrogen) atoms. The highest BCUT2D eigenvalue weighted by Gasteiger charge is 2.22. The maximum atomic E-state index is 10.8. The second-order valence-corrected chi connectivity index (χ2v) is 4.33. The summed E-state index contributed by atoms with van der Waals surface area (Å²) in [5, 5.41) is 8.60. The van der Waals surface area contributed by atoms with Gasteiger partial charge in [-0.05, 0) is 12.8 Å². The van der Waals surface area contributed by atoms with Crippen molar-refractivity contribution in [2.45, 2.75) is 18.9 Å². The first kappa shape index (κ1) is 7.97. The molecule has 1 atom stereocenters. The maximum Gasteiger partial charge on any atom is 0.211 e. The van der Waals surface area contributed by atoms with E-state index in [2.05, 4.69) is 4.72 Å². The summed E-state index contributed by atoms with van der Waals surface area (Å²) >= 11 is 0. The van der Waals surface area contributed by atoms with E-state index in [0.717, 1.165) is 6.42 Å². The summed E-state index contributed by atoms with van der Waals surface area (Å²) in [6.07, 6.45) is 1.40. The standard InChI is InChI=1S/C5H11NO3S/c7-4-5-2-1-3-10(8,9)6-5/h5-7H,1-4H2/t5-/m1/s1. The van der Waals surface area contributed by atoms with Crippen LogP contribution in [0.3, 0.4) is 0 Å². The van der Waals surface area contributed by atoms with Gasteiger partial charge in [-0.1, -0.05) is 0 Å². The van der Waals surface area contributed by atoms with E-state index in [1.165, 1.54) is 0 Å². The summed E-state index contributed by atoms with van der Waals surface area (Å²) in [5.74, 6) is 0.198. The fourth-order valence-corrected chi connectivity index (χ4v) is 2.38. The smallest absolute Gasteiger partial charge is 0.211 e. The highest BCUT2D eigenvalue weighted by Crippen LogP contribution is 2.07. The molecule has 2 N–H and O–H groups in total. The topological polar surface area (TPSA) is 66.4 Å². The van der Waals surface area contributed by atoms with Crippen LogP contribution < -0.4 is 4.72 Å². The molecule has 0 aromatic carbocycles. The van der Waals surface area contributed by atoms with Crippen molar-refractivity contribution in [3.8, 4) is 0 Å². The first-order valence-electron chi connectivity index (χ1n) is 3.25. The summed E-state index contributed by atoms with van der Waals surface area (Å²) in [6.45, 7) is -0.0980. The minimum absolute atomic E-state index is 0.0980. The molecule has 1 aliphatic rings. The Kier molecular flexibility index (Phi) is 2.28. The predicted octanol–water partition coefficient (Wildman–Crippen LogP) is -0.940. The number of aliphatic hydroxyl groups is 1. The molecule has 0 aliphatic carbocycles. The monoisotopic (exact) mass is 165 g/mol. The molecule has 4 nitrogen and oxygen atoms in total. The van der Waals surface area contributed by atoms with Crippen molar-refractivity contribution in [1.82, 2.24) is 4.72 Å². The average Bonchev–Trinajstić information content (AvgIpc) is 1.86. The van der Waals surface area contributed by atoms with Crippen molar-refractivity contribution in [3.63, 3.8) is 0 Å². The van der Waals surface area contributed by atoms with Crippen LogP contribution in [0.4, 0.5) is 0 Å². The first-order valence-corrected chi connectivity index (χ1v) is 4.90. The fourth-order valence-electron chi connectivity index (χ4n) is 1.02. The van der Waals surface area contributed by atoms with E-state index in [0.29, 0.717) is 6.42 Å². The van der Waals surface area contributed by atoms with E-state index < -0.39 is 10.0 Å². The molecule has 0 radical (unpaired) electrons. The predicted molar refractivity (Wildman–Crippen MR) is 37.0 cm³/mol. The van der Waals surface area contributed by atoms with Gasteiger partial charge in [0.2, 0.25) is 10.0 Å².